The predicted octanol–water partition coefficient (Wildman–Crippen LogP) is 3.39. The highest BCUT2D eigenvalue weighted by Crippen LogP contribution is 2.29. The third-order valence-electron chi connectivity index (χ3n) is 4.09. The Balaban J connectivity index is 1.87. The van der Waals surface area contributed by atoms with Gasteiger partial charge in [0.05, 0.1) is 0 Å². The molecule has 2 aromatic carbocycles. The van der Waals surface area contributed by atoms with E-state index in [0.29, 0.717) is 10.6 Å². The Morgan fingerprint density at radius 3 is 2.36 bits per heavy atom. The molecule has 2 aromatic rings. The molecule has 4 heteroatoms. The maximum atomic E-state index is 12.7. The van der Waals surface area contributed by atoms with Crippen molar-refractivity contribution in [2.24, 2.45) is 0 Å². The molecule has 0 saturated carbocycles. The summed E-state index contributed by atoms with van der Waals surface area (Å²) in [7, 11) is 2.08. The Bertz CT molecular complexity index is 664. The topological polar surface area (TPSA) is 23.6 Å². The smallest absolute Gasteiger partial charge is 0.253 e. The first-order valence-electron chi connectivity index (χ1n) is 7.48. The quantitative estimate of drug-likeness (QED) is 0.848. The molecule has 0 bridgehead atoms. The van der Waals surface area contributed by atoms with E-state index in [2.05, 4.69) is 11.9 Å². The molecule has 1 saturated heterocycles. The number of amides is 1. The number of hydrogen-bond donors (Lipinski definition) is 0. The second kappa shape index (κ2) is 6.51. The molecule has 0 atom stereocenters. The normalized spacial score (nSPS) is 15.8. The molecule has 1 aliphatic rings. The molecule has 3 nitrogen and oxygen atoms in total. The van der Waals surface area contributed by atoms with Crippen LogP contribution in [-0.4, -0.2) is 48.9 Å². The number of carbonyl (C=O) groups excluding carboxylic acids is 1. The lowest BCUT2D eigenvalue weighted by Crippen LogP contribution is -2.47. The molecule has 22 heavy (non-hydrogen) atoms. The third kappa shape index (κ3) is 3.16. The average Bonchev–Trinajstić information content (AvgIpc) is 2.56. The Morgan fingerprint density at radius 2 is 1.68 bits per heavy atom. The number of likely N-dealkylation sites (N-methyl/N-ethyl adjacent to an activating group) is 1. The van der Waals surface area contributed by atoms with Crippen molar-refractivity contribution in [3.05, 3.63) is 59.1 Å². The van der Waals surface area contributed by atoms with Crippen molar-refractivity contribution >= 4 is 17.5 Å². The zero-order valence-corrected chi connectivity index (χ0v) is 13.4. The van der Waals surface area contributed by atoms with E-state index in [-0.39, 0.29) is 5.91 Å². The van der Waals surface area contributed by atoms with Crippen molar-refractivity contribution in [3.8, 4) is 11.1 Å². The van der Waals surface area contributed by atoms with E-state index in [1.807, 2.05) is 53.4 Å². The monoisotopic (exact) mass is 314 g/mol. The Hall–Kier alpha value is -1.84. The van der Waals surface area contributed by atoms with Gasteiger partial charge >= 0.3 is 0 Å². The molecular weight excluding hydrogens is 296 g/mol. The van der Waals surface area contributed by atoms with Crippen molar-refractivity contribution in [3.63, 3.8) is 0 Å². The average molecular weight is 315 g/mol. The third-order valence-corrected chi connectivity index (χ3v) is 4.42. The van der Waals surface area contributed by atoms with Crippen LogP contribution in [0.5, 0.6) is 0 Å². The summed E-state index contributed by atoms with van der Waals surface area (Å²) >= 11 is 6.31. The summed E-state index contributed by atoms with van der Waals surface area (Å²) in [6.45, 7) is 3.40. The summed E-state index contributed by atoms with van der Waals surface area (Å²) in [5.74, 6) is 0.0851. The fourth-order valence-electron chi connectivity index (χ4n) is 2.69. The van der Waals surface area contributed by atoms with Crippen LogP contribution < -0.4 is 0 Å². The number of hydrogen-bond acceptors (Lipinski definition) is 2. The molecule has 0 aliphatic carbocycles. The van der Waals surface area contributed by atoms with Crippen LogP contribution in [0.4, 0.5) is 0 Å². The maximum Gasteiger partial charge on any atom is 0.253 e. The predicted molar refractivity (Wildman–Crippen MR) is 90.3 cm³/mol. The molecule has 0 radical (unpaired) electrons. The summed E-state index contributed by atoms with van der Waals surface area (Å²) in [6.07, 6.45) is 0. The highest BCUT2D eigenvalue weighted by Gasteiger charge is 2.21. The van der Waals surface area contributed by atoms with Gasteiger partial charge in [0.1, 0.15) is 0 Å². The molecule has 3 rings (SSSR count). The van der Waals surface area contributed by atoms with Gasteiger partial charge in [-0.1, -0.05) is 41.9 Å². The maximum absolute atomic E-state index is 12.7. The van der Waals surface area contributed by atoms with Crippen LogP contribution in [-0.2, 0) is 0 Å². The second-order valence-corrected chi connectivity index (χ2v) is 6.06. The van der Waals surface area contributed by atoms with Crippen LogP contribution in [0.25, 0.3) is 11.1 Å². The Kier molecular flexibility index (Phi) is 4.46. The van der Waals surface area contributed by atoms with Gasteiger partial charge in [0, 0.05) is 42.3 Å². The first-order valence-corrected chi connectivity index (χ1v) is 7.86. The number of benzene rings is 2. The Labute approximate surface area is 136 Å². The standard InChI is InChI=1S/C18H19ClN2O/c1-20-9-11-21(12-10-20)18(22)15-7-8-17(19)16(13-15)14-5-3-2-4-6-14/h2-8,13H,9-12H2,1H3. The van der Waals surface area contributed by atoms with Gasteiger partial charge in [-0.25, -0.2) is 0 Å². The van der Waals surface area contributed by atoms with Gasteiger partial charge < -0.3 is 9.80 Å². The summed E-state index contributed by atoms with van der Waals surface area (Å²) < 4.78 is 0. The Morgan fingerprint density at radius 1 is 1.00 bits per heavy atom. The van der Waals surface area contributed by atoms with Crippen LogP contribution in [0.3, 0.4) is 0 Å². The lowest BCUT2D eigenvalue weighted by Gasteiger charge is -2.32. The van der Waals surface area contributed by atoms with E-state index in [1.54, 1.807) is 0 Å². The highest BCUT2D eigenvalue weighted by molar-refractivity contribution is 6.33. The zero-order valence-electron chi connectivity index (χ0n) is 12.6. The van der Waals surface area contributed by atoms with E-state index in [4.69, 9.17) is 11.6 Å². The lowest BCUT2D eigenvalue weighted by molar-refractivity contribution is 0.0664. The minimum Gasteiger partial charge on any atom is -0.336 e. The summed E-state index contributed by atoms with van der Waals surface area (Å²) in [5.41, 5.74) is 2.63. The number of halogens is 1. The summed E-state index contributed by atoms with van der Waals surface area (Å²) in [4.78, 5) is 16.8. The van der Waals surface area contributed by atoms with Crippen LogP contribution in [0.2, 0.25) is 5.02 Å². The fourth-order valence-corrected chi connectivity index (χ4v) is 2.92. The molecule has 0 spiro atoms. The molecule has 1 amide bonds. The van der Waals surface area contributed by atoms with Crippen LogP contribution >= 0.6 is 11.6 Å². The molecule has 0 aromatic heterocycles. The molecule has 0 N–H and O–H groups in total. The number of nitrogens with zero attached hydrogens (tertiary/aromatic N) is 2. The van der Waals surface area contributed by atoms with Crippen molar-refractivity contribution < 1.29 is 4.79 Å². The van der Waals surface area contributed by atoms with Gasteiger partial charge in [-0.15, -0.1) is 0 Å². The first kappa shape index (κ1) is 15.1. The highest BCUT2D eigenvalue weighted by atomic mass is 35.5. The molecule has 1 heterocycles. The van der Waals surface area contributed by atoms with Crippen molar-refractivity contribution in [1.29, 1.82) is 0 Å². The second-order valence-electron chi connectivity index (χ2n) is 5.66. The molecule has 114 valence electrons. The summed E-state index contributed by atoms with van der Waals surface area (Å²) in [5, 5.41) is 0.668. The summed E-state index contributed by atoms with van der Waals surface area (Å²) in [6, 6.07) is 15.5. The largest absolute Gasteiger partial charge is 0.336 e. The van der Waals surface area contributed by atoms with Crippen molar-refractivity contribution in [1.82, 2.24) is 9.80 Å². The van der Waals surface area contributed by atoms with E-state index < -0.39 is 0 Å². The first-order chi connectivity index (χ1) is 10.6. The fraction of sp³-hybridized carbons (Fsp3) is 0.278. The zero-order chi connectivity index (χ0) is 15.5. The van der Waals surface area contributed by atoms with Crippen molar-refractivity contribution in [2.45, 2.75) is 0 Å². The van der Waals surface area contributed by atoms with Gasteiger partial charge in [-0.05, 0) is 30.8 Å². The minimum atomic E-state index is 0.0851. The van der Waals surface area contributed by atoms with Gasteiger partial charge in [-0.3, -0.25) is 4.79 Å². The molecule has 0 unspecified atom stereocenters. The molecule has 1 fully saturated rings. The van der Waals surface area contributed by atoms with Crippen molar-refractivity contribution in [2.75, 3.05) is 33.2 Å². The SMILES string of the molecule is CN1CCN(C(=O)c2ccc(Cl)c(-c3ccccc3)c2)CC1. The minimum absolute atomic E-state index is 0.0851. The van der Waals surface area contributed by atoms with E-state index in [1.165, 1.54) is 0 Å². The number of carbonyl (C=O) groups is 1. The number of rotatable bonds is 2. The van der Waals surface area contributed by atoms with E-state index >= 15 is 0 Å². The van der Waals surface area contributed by atoms with Crippen LogP contribution in [0, 0.1) is 0 Å². The van der Waals surface area contributed by atoms with Gasteiger partial charge in [0.15, 0.2) is 0 Å². The molecule has 1 aliphatic heterocycles. The van der Waals surface area contributed by atoms with Crippen LogP contribution in [0.15, 0.2) is 48.5 Å². The van der Waals surface area contributed by atoms with Gasteiger partial charge in [-0.2, -0.15) is 0 Å². The lowest BCUT2D eigenvalue weighted by atomic mass is 10.0. The number of piperazine rings is 1. The van der Waals surface area contributed by atoms with E-state index in [9.17, 15) is 4.79 Å². The van der Waals surface area contributed by atoms with Gasteiger partial charge in [0.2, 0.25) is 0 Å². The van der Waals surface area contributed by atoms with Gasteiger partial charge in [0.25, 0.3) is 5.91 Å². The van der Waals surface area contributed by atoms with Crippen LogP contribution in [0.1, 0.15) is 10.4 Å². The molecular formula is C18H19ClN2O. The van der Waals surface area contributed by atoms with E-state index in [0.717, 1.165) is 37.3 Å².